The Hall–Kier alpha value is -0.530. The van der Waals surface area contributed by atoms with Gasteiger partial charge in [0, 0.05) is 11.1 Å². The Morgan fingerprint density at radius 2 is 2.00 bits per heavy atom. The Bertz CT molecular complexity index is 282. The molecule has 1 unspecified atom stereocenters. The smallest absolute Gasteiger partial charge is 0.0440 e. The van der Waals surface area contributed by atoms with Crippen molar-refractivity contribution in [2.75, 3.05) is 0 Å². The summed E-state index contributed by atoms with van der Waals surface area (Å²) in [5, 5.41) is 0.843. The molecule has 0 fully saturated rings. The van der Waals surface area contributed by atoms with Crippen LogP contribution >= 0.6 is 11.6 Å². The van der Waals surface area contributed by atoms with Gasteiger partial charge < -0.3 is 5.73 Å². The number of benzene rings is 1. The van der Waals surface area contributed by atoms with Crippen molar-refractivity contribution < 1.29 is 0 Å². The second-order valence-corrected chi connectivity index (χ2v) is 4.11. The Labute approximate surface area is 84.9 Å². The van der Waals surface area contributed by atoms with E-state index in [1.807, 2.05) is 19.9 Å². The van der Waals surface area contributed by atoms with Gasteiger partial charge in [-0.2, -0.15) is 0 Å². The van der Waals surface area contributed by atoms with E-state index in [2.05, 4.69) is 13.0 Å². The largest absolute Gasteiger partial charge is 0.328 e. The average molecular weight is 198 g/mol. The second kappa shape index (κ2) is 4.12. The molecule has 1 aromatic carbocycles. The standard InChI is InChI=1S/C11H16ClN/c1-7-4-10(5-8(2)13)6-11(12)9(7)3/h4,6,8H,5,13H2,1-3H3. The van der Waals surface area contributed by atoms with Gasteiger partial charge in [-0.3, -0.25) is 0 Å². The first-order valence-corrected chi connectivity index (χ1v) is 4.89. The quantitative estimate of drug-likeness (QED) is 0.776. The highest BCUT2D eigenvalue weighted by Gasteiger charge is 2.03. The summed E-state index contributed by atoms with van der Waals surface area (Å²) in [5.41, 5.74) is 9.35. The van der Waals surface area contributed by atoms with Gasteiger partial charge in [-0.1, -0.05) is 17.7 Å². The molecular weight excluding hydrogens is 182 g/mol. The zero-order chi connectivity index (χ0) is 10.0. The third-order valence-electron chi connectivity index (χ3n) is 2.22. The van der Waals surface area contributed by atoms with Crippen molar-refractivity contribution >= 4 is 11.6 Å². The number of aryl methyl sites for hydroxylation is 1. The summed E-state index contributed by atoms with van der Waals surface area (Å²) >= 11 is 6.06. The highest BCUT2D eigenvalue weighted by Crippen LogP contribution is 2.21. The fraction of sp³-hybridized carbons (Fsp3) is 0.455. The lowest BCUT2D eigenvalue weighted by Gasteiger charge is -2.09. The van der Waals surface area contributed by atoms with Crippen LogP contribution in [0, 0.1) is 13.8 Å². The van der Waals surface area contributed by atoms with E-state index in [0.717, 1.165) is 17.0 Å². The van der Waals surface area contributed by atoms with Crippen LogP contribution in [0.3, 0.4) is 0 Å². The third kappa shape index (κ3) is 2.71. The van der Waals surface area contributed by atoms with Crippen LogP contribution in [0.2, 0.25) is 5.02 Å². The number of hydrogen-bond acceptors (Lipinski definition) is 1. The maximum absolute atomic E-state index is 6.06. The number of rotatable bonds is 2. The van der Waals surface area contributed by atoms with Crippen molar-refractivity contribution in [3.05, 3.63) is 33.8 Å². The lowest BCUT2D eigenvalue weighted by molar-refractivity contribution is 0.737. The molecule has 0 aliphatic heterocycles. The summed E-state index contributed by atoms with van der Waals surface area (Å²) in [7, 11) is 0. The SMILES string of the molecule is Cc1cc(CC(C)N)cc(Cl)c1C. The summed E-state index contributed by atoms with van der Waals surface area (Å²) in [6.45, 7) is 6.11. The molecule has 0 aromatic heterocycles. The summed E-state index contributed by atoms with van der Waals surface area (Å²) in [6.07, 6.45) is 0.890. The molecule has 0 saturated carbocycles. The van der Waals surface area contributed by atoms with Crippen LogP contribution in [0.5, 0.6) is 0 Å². The van der Waals surface area contributed by atoms with E-state index < -0.39 is 0 Å². The minimum Gasteiger partial charge on any atom is -0.328 e. The first-order valence-electron chi connectivity index (χ1n) is 4.52. The molecule has 0 aliphatic rings. The topological polar surface area (TPSA) is 26.0 Å². The van der Waals surface area contributed by atoms with Crippen molar-refractivity contribution in [2.45, 2.75) is 33.2 Å². The summed E-state index contributed by atoms with van der Waals surface area (Å²) in [5.74, 6) is 0. The fourth-order valence-corrected chi connectivity index (χ4v) is 1.67. The predicted octanol–water partition coefficient (Wildman–Crippen LogP) is 2.85. The van der Waals surface area contributed by atoms with E-state index in [1.165, 1.54) is 11.1 Å². The second-order valence-electron chi connectivity index (χ2n) is 3.70. The first-order chi connectivity index (χ1) is 6.00. The lowest BCUT2D eigenvalue weighted by atomic mass is 10.0. The molecule has 13 heavy (non-hydrogen) atoms. The summed E-state index contributed by atoms with van der Waals surface area (Å²) in [6, 6.07) is 4.36. The molecule has 72 valence electrons. The highest BCUT2D eigenvalue weighted by atomic mass is 35.5. The van der Waals surface area contributed by atoms with Crippen LogP contribution in [0.15, 0.2) is 12.1 Å². The molecule has 2 heteroatoms. The van der Waals surface area contributed by atoms with Crippen LogP contribution in [-0.4, -0.2) is 6.04 Å². The van der Waals surface area contributed by atoms with E-state index in [9.17, 15) is 0 Å². The normalized spacial score (nSPS) is 13.0. The van der Waals surface area contributed by atoms with Gasteiger partial charge in [0.05, 0.1) is 0 Å². The van der Waals surface area contributed by atoms with E-state index in [0.29, 0.717) is 0 Å². The number of halogens is 1. The molecule has 1 rings (SSSR count). The van der Waals surface area contributed by atoms with Crippen LogP contribution in [-0.2, 0) is 6.42 Å². The molecule has 0 heterocycles. The van der Waals surface area contributed by atoms with E-state index in [4.69, 9.17) is 17.3 Å². The Balaban J connectivity index is 2.99. The molecule has 2 N–H and O–H groups in total. The van der Waals surface area contributed by atoms with Gasteiger partial charge in [0.2, 0.25) is 0 Å². The van der Waals surface area contributed by atoms with Crippen LogP contribution < -0.4 is 5.73 Å². The molecule has 0 aliphatic carbocycles. The predicted molar refractivity (Wildman–Crippen MR) is 58.3 cm³/mol. The average Bonchev–Trinajstić information content (AvgIpc) is 1.98. The van der Waals surface area contributed by atoms with Gasteiger partial charge in [-0.25, -0.2) is 0 Å². The third-order valence-corrected chi connectivity index (χ3v) is 2.61. The van der Waals surface area contributed by atoms with Gasteiger partial charge in [-0.05, 0) is 49.9 Å². The first kappa shape index (κ1) is 10.6. The summed E-state index contributed by atoms with van der Waals surface area (Å²) in [4.78, 5) is 0. The van der Waals surface area contributed by atoms with Crippen LogP contribution in [0.4, 0.5) is 0 Å². The van der Waals surface area contributed by atoms with Crippen molar-refractivity contribution in [3.8, 4) is 0 Å². The van der Waals surface area contributed by atoms with Gasteiger partial charge in [0.1, 0.15) is 0 Å². The van der Waals surface area contributed by atoms with Crippen molar-refractivity contribution in [2.24, 2.45) is 5.73 Å². The molecular formula is C11H16ClN. The van der Waals surface area contributed by atoms with E-state index >= 15 is 0 Å². The number of nitrogens with two attached hydrogens (primary N) is 1. The van der Waals surface area contributed by atoms with E-state index in [-0.39, 0.29) is 6.04 Å². The van der Waals surface area contributed by atoms with E-state index in [1.54, 1.807) is 0 Å². The van der Waals surface area contributed by atoms with Gasteiger partial charge in [-0.15, -0.1) is 0 Å². The van der Waals surface area contributed by atoms with Crippen LogP contribution in [0.1, 0.15) is 23.6 Å². The fourth-order valence-electron chi connectivity index (χ4n) is 1.38. The zero-order valence-electron chi connectivity index (χ0n) is 8.39. The van der Waals surface area contributed by atoms with Gasteiger partial charge >= 0.3 is 0 Å². The highest BCUT2D eigenvalue weighted by molar-refractivity contribution is 6.31. The molecule has 0 radical (unpaired) electrons. The Morgan fingerprint density at radius 1 is 1.38 bits per heavy atom. The van der Waals surface area contributed by atoms with Crippen molar-refractivity contribution in [1.29, 1.82) is 0 Å². The minimum atomic E-state index is 0.193. The number of hydrogen-bond donors (Lipinski definition) is 1. The Kier molecular flexibility index (Phi) is 3.34. The Morgan fingerprint density at radius 3 is 2.46 bits per heavy atom. The van der Waals surface area contributed by atoms with Crippen molar-refractivity contribution in [3.63, 3.8) is 0 Å². The maximum Gasteiger partial charge on any atom is 0.0440 e. The summed E-state index contributed by atoms with van der Waals surface area (Å²) < 4.78 is 0. The molecule has 0 bridgehead atoms. The van der Waals surface area contributed by atoms with Gasteiger partial charge in [0.25, 0.3) is 0 Å². The molecule has 1 nitrogen and oxygen atoms in total. The molecule has 0 spiro atoms. The van der Waals surface area contributed by atoms with Gasteiger partial charge in [0.15, 0.2) is 0 Å². The lowest BCUT2D eigenvalue weighted by Crippen LogP contribution is -2.17. The minimum absolute atomic E-state index is 0.193. The molecule has 0 saturated heterocycles. The monoisotopic (exact) mass is 197 g/mol. The van der Waals surface area contributed by atoms with Crippen LogP contribution in [0.25, 0.3) is 0 Å². The zero-order valence-corrected chi connectivity index (χ0v) is 9.15. The van der Waals surface area contributed by atoms with Crippen molar-refractivity contribution in [1.82, 2.24) is 0 Å². The molecule has 0 amide bonds. The molecule has 1 atom stereocenters. The maximum atomic E-state index is 6.06. The molecule has 1 aromatic rings.